The van der Waals surface area contributed by atoms with Crippen molar-refractivity contribution >= 4 is 15.7 Å². The van der Waals surface area contributed by atoms with E-state index in [4.69, 9.17) is 10.5 Å². The summed E-state index contributed by atoms with van der Waals surface area (Å²) in [5, 5.41) is 0. The second-order valence-electron chi connectivity index (χ2n) is 4.44. The van der Waals surface area contributed by atoms with Crippen LogP contribution in [0.3, 0.4) is 0 Å². The number of nitrogens with two attached hydrogens (primary N) is 1. The monoisotopic (exact) mass is 270 g/mol. The summed E-state index contributed by atoms with van der Waals surface area (Å²) in [4.78, 5) is 0.247. The van der Waals surface area contributed by atoms with Crippen LogP contribution < -0.4 is 10.5 Å². The van der Waals surface area contributed by atoms with Gasteiger partial charge in [0.2, 0.25) is 10.0 Å². The van der Waals surface area contributed by atoms with E-state index in [-0.39, 0.29) is 17.0 Å². The number of hydrogen-bond donors (Lipinski definition) is 2. The first-order chi connectivity index (χ1) is 8.51. The average Bonchev–Trinajstić information content (AvgIpc) is 2.27. The second kappa shape index (κ2) is 5.26. The van der Waals surface area contributed by atoms with Crippen LogP contribution in [0, 0.1) is 0 Å². The Bertz CT molecular complexity index is 493. The molecule has 3 N–H and O–H groups in total. The summed E-state index contributed by atoms with van der Waals surface area (Å²) in [6.45, 7) is 2.61. The van der Waals surface area contributed by atoms with Crippen molar-refractivity contribution in [2.45, 2.75) is 36.8 Å². The van der Waals surface area contributed by atoms with Crippen LogP contribution in [0.25, 0.3) is 0 Å². The lowest BCUT2D eigenvalue weighted by Crippen LogP contribution is -2.47. The van der Waals surface area contributed by atoms with Gasteiger partial charge in [-0.15, -0.1) is 0 Å². The molecular formula is C12H18N2O3S. The predicted octanol–water partition coefficient (Wildman–Crippen LogP) is 1.11. The molecule has 2 rings (SSSR count). The zero-order valence-corrected chi connectivity index (χ0v) is 11.1. The zero-order chi connectivity index (χ0) is 13.2. The molecule has 0 spiro atoms. The van der Waals surface area contributed by atoms with Gasteiger partial charge in [0.15, 0.2) is 0 Å². The minimum Gasteiger partial charge on any atom is -0.399 e. The highest BCUT2D eigenvalue weighted by molar-refractivity contribution is 7.89. The van der Waals surface area contributed by atoms with Crippen molar-refractivity contribution < 1.29 is 13.2 Å². The van der Waals surface area contributed by atoms with Crippen molar-refractivity contribution in [3.05, 3.63) is 24.3 Å². The Morgan fingerprint density at radius 3 is 2.50 bits per heavy atom. The van der Waals surface area contributed by atoms with Crippen molar-refractivity contribution in [3.8, 4) is 0 Å². The molecule has 0 saturated heterocycles. The van der Waals surface area contributed by atoms with E-state index in [0.29, 0.717) is 12.3 Å². The first kappa shape index (κ1) is 13.3. The fraction of sp³-hybridized carbons (Fsp3) is 0.500. The third-order valence-electron chi connectivity index (χ3n) is 3.01. The van der Waals surface area contributed by atoms with E-state index >= 15 is 0 Å². The van der Waals surface area contributed by atoms with E-state index in [9.17, 15) is 8.42 Å². The molecule has 0 radical (unpaired) electrons. The normalized spacial score (nSPS) is 23.6. The lowest BCUT2D eigenvalue weighted by Gasteiger charge is -2.35. The van der Waals surface area contributed by atoms with E-state index in [1.54, 1.807) is 12.1 Å². The number of sulfonamides is 1. The molecule has 0 heterocycles. The lowest BCUT2D eigenvalue weighted by molar-refractivity contribution is -0.00475. The van der Waals surface area contributed by atoms with Crippen LogP contribution in [-0.4, -0.2) is 27.2 Å². The Hall–Kier alpha value is -1.11. The van der Waals surface area contributed by atoms with Crippen molar-refractivity contribution in [2.24, 2.45) is 0 Å². The van der Waals surface area contributed by atoms with Crippen molar-refractivity contribution in [3.63, 3.8) is 0 Å². The topological polar surface area (TPSA) is 81.4 Å². The molecule has 0 aliphatic heterocycles. The standard InChI is InChI=1S/C12H18N2O3S/c1-2-17-11-7-10(8-11)14-18(15,16)12-5-3-9(13)4-6-12/h3-6,10-11,14H,2,7-8,13H2,1H3. The molecule has 0 atom stereocenters. The van der Waals surface area contributed by atoms with Gasteiger partial charge in [-0.3, -0.25) is 0 Å². The number of anilines is 1. The molecule has 6 heteroatoms. The quantitative estimate of drug-likeness (QED) is 0.785. The predicted molar refractivity (Wildman–Crippen MR) is 69.6 cm³/mol. The summed E-state index contributed by atoms with van der Waals surface area (Å²) < 4.78 is 32.1. The van der Waals surface area contributed by atoms with Gasteiger partial charge >= 0.3 is 0 Å². The highest BCUT2D eigenvalue weighted by Crippen LogP contribution is 2.25. The highest BCUT2D eigenvalue weighted by atomic mass is 32.2. The van der Waals surface area contributed by atoms with Gasteiger partial charge in [0.1, 0.15) is 0 Å². The molecule has 0 aromatic heterocycles. The van der Waals surface area contributed by atoms with Crippen LogP contribution in [0.5, 0.6) is 0 Å². The van der Waals surface area contributed by atoms with Crippen LogP contribution in [0.4, 0.5) is 5.69 Å². The number of nitrogen functional groups attached to an aromatic ring is 1. The van der Waals surface area contributed by atoms with E-state index in [0.717, 1.165) is 12.8 Å². The Balaban J connectivity index is 1.95. The van der Waals surface area contributed by atoms with E-state index in [1.165, 1.54) is 12.1 Å². The summed E-state index contributed by atoms with van der Waals surface area (Å²) in [5.74, 6) is 0. The van der Waals surface area contributed by atoms with E-state index < -0.39 is 10.0 Å². The summed E-state index contributed by atoms with van der Waals surface area (Å²) in [5.41, 5.74) is 6.08. The molecule has 100 valence electrons. The molecule has 1 aliphatic carbocycles. The lowest BCUT2D eigenvalue weighted by atomic mass is 9.90. The molecule has 1 aromatic carbocycles. The van der Waals surface area contributed by atoms with E-state index in [1.807, 2.05) is 6.92 Å². The number of rotatable bonds is 5. The van der Waals surface area contributed by atoms with Gasteiger partial charge in [0, 0.05) is 18.3 Å². The third-order valence-corrected chi connectivity index (χ3v) is 4.55. The molecule has 0 unspecified atom stereocenters. The highest BCUT2D eigenvalue weighted by Gasteiger charge is 2.32. The zero-order valence-electron chi connectivity index (χ0n) is 10.3. The third kappa shape index (κ3) is 3.01. The van der Waals surface area contributed by atoms with Crippen molar-refractivity contribution in [1.82, 2.24) is 4.72 Å². The fourth-order valence-corrected chi connectivity index (χ4v) is 3.23. The Labute approximate surface area is 107 Å². The minimum absolute atomic E-state index is 0.0240. The van der Waals surface area contributed by atoms with Gasteiger partial charge in [-0.05, 0) is 44.0 Å². The SMILES string of the molecule is CCOC1CC(NS(=O)(=O)c2ccc(N)cc2)C1. The Kier molecular flexibility index (Phi) is 3.89. The molecule has 1 saturated carbocycles. The van der Waals surface area contributed by atoms with Gasteiger partial charge in [-0.1, -0.05) is 0 Å². The number of hydrogen-bond acceptors (Lipinski definition) is 4. The van der Waals surface area contributed by atoms with Crippen molar-refractivity contribution in [2.75, 3.05) is 12.3 Å². The van der Waals surface area contributed by atoms with Gasteiger partial charge in [0.05, 0.1) is 11.0 Å². The maximum Gasteiger partial charge on any atom is 0.240 e. The van der Waals surface area contributed by atoms with Crippen LogP contribution in [0.2, 0.25) is 0 Å². The Morgan fingerprint density at radius 1 is 1.33 bits per heavy atom. The average molecular weight is 270 g/mol. The van der Waals surface area contributed by atoms with Gasteiger partial charge < -0.3 is 10.5 Å². The fourth-order valence-electron chi connectivity index (χ4n) is 1.97. The molecule has 0 amide bonds. The minimum atomic E-state index is -3.44. The summed E-state index contributed by atoms with van der Waals surface area (Å²) >= 11 is 0. The van der Waals surface area contributed by atoms with Crippen LogP contribution in [0.1, 0.15) is 19.8 Å². The second-order valence-corrected chi connectivity index (χ2v) is 6.15. The van der Waals surface area contributed by atoms with Gasteiger partial charge in [-0.2, -0.15) is 0 Å². The largest absolute Gasteiger partial charge is 0.399 e. The molecule has 1 aromatic rings. The molecule has 1 aliphatic rings. The summed E-state index contributed by atoms with van der Waals surface area (Å²) in [6, 6.07) is 6.16. The number of ether oxygens (including phenoxy) is 1. The van der Waals surface area contributed by atoms with Gasteiger partial charge in [-0.25, -0.2) is 13.1 Å². The first-order valence-corrected chi connectivity index (χ1v) is 7.49. The van der Waals surface area contributed by atoms with Crippen LogP contribution in [-0.2, 0) is 14.8 Å². The molecule has 18 heavy (non-hydrogen) atoms. The maximum absolute atomic E-state index is 12.0. The molecular weight excluding hydrogens is 252 g/mol. The Morgan fingerprint density at radius 2 is 1.94 bits per heavy atom. The van der Waals surface area contributed by atoms with Gasteiger partial charge in [0.25, 0.3) is 0 Å². The van der Waals surface area contributed by atoms with Crippen LogP contribution in [0.15, 0.2) is 29.2 Å². The first-order valence-electron chi connectivity index (χ1n) is 6.00. The molecule has 0 bridgehead atoms. The van der Waals surface area contributed by atoms with Crippen molar-refractivity contribution in [1.29, 1.82) is 0 Å². The molecule has 1 fully saturated rings. The summed E-state index contributed by atoms with van der Waals surface area (Å²) in [6.07, 6.45) is 1.67. The number of nitrogens with one attached hydrogen (secondary N) is 1. The smallest absolute Gasteiger partial charge is 0.240 e. The molecule has 5 nitrogen and oxygen atoms in total. The van der Waals surface area contributed by atoms with E-state index in [2.05, 4.69) is 4.72 Å². The maximum atomic E-state index is 12.0. The number of benzene rings is 1. The van der Waals surface area contributed by atoms with Crippen LogP contribution >= 0.6 is 0 Å². The summed E-state index contributed by atoms with van der Waals surface area (Å²) in [7, 11) is -3.44.